The highest BCUT2D eigenvalue weighted by Gasteiger charge is 2.60. The summed E-state index contributed by atoms with van der Waals surface area (Å²) < 4.78 is 38.2. The van der Waals surface area contributed by atoms with Crippen LogP contribution in [0.2, 0.25) is 5.28 Å². The molecule has 4 aliphatic carbocycles. The Morgan fingerprint density at radius 3 is 2.49 bits per heavy atom. The molecule has 2 aromatic rings. The number of halogens is 1. The van der Waals surface area contributed by atoms with E-state index in [0.717, 1.165) is 19.3 Å². The van der Waals surface area contributed by atoms with Crippen LogP contribution in [0.15, 0.2) is 6.33 Å². The van der Waals surface area contributed by atoms with E-state index in [1.54, 1.807) is 0 Å². The number of carbonyl (C=O) groups excluding carboxylic acids is 1. The summed E-state index contributed by atoms with van der Waals surface area (Å²) in [7, 11) is -4.44. The molecule has 8 atom stereocenters. The topological polar surface area (TPSA) is 177 Å². The Morgan fingerprint density at radius 1 is 1.15 bits per heavy atom. The van der Waals surface area contributed by atoms with Crippen molar-refractivity contribution in [2.75, 3.05) is 11.1 Å². The maximum atomic E-state index is 11.9. The molecule has 0 amide bonds. The van der Waals surface area contributed by atoms with Gasteiger partial charge in [0.05, 0.1) is 12.4 Å². The molecule has 4 N–H and O–H groups in total. The summed E-state index contributed by atoms with van der Waals surface area (Å²) in [6, 6.07) is 0. The quantitative estimate of drug-likeness (QED) is 0.265. The molecule has 4 saturated carbocycles. The summed E-state index contributed by atoms with van der Waals surface area (Å²) in [5, 5.41) is 25.1. The predicted molar refractivity (Wildman–Crippen MR) is 141 cm³/mol. The number of aliphatic hydroxyl groups is 2. The van der Waals surface area contributed by atoms with Gasteiger partial charge < -0.3 is 20.3 Å². The lowest BCUT2D eigenvalue weighted by atomic mass is 9.43. The van der Waals surface area contributed by atoms with Crippen molar-refractivity contribution in [3.05, 3.63) is 11.6 Å². The number of ketones is 1. The van der Waals surface area contributed by atoms with Gasteiger partial charge in [-0.15, -0.1) is 0 Å². The minimum atomic E-state index is -4.44. The summed E-state index contributed by atoms with van der Waals surface area (Å²) in [6.45, 7) is 4.78. The van der Waals surface area contributed by atoms with Crippen molar-refractivity contribution < 1.29 is 32.7 Å². The maximum Gasteiger partial charge on any atom is 0.272 e. The first-order chi connectivity index (χ1) is 18.2. The average molecular weight is 584 g/mol. The van der Waals surface area contributed by atoms with Crippen molar-refractivity contribution in [3.8, 4) is 0 Å². The number of aliphatic hydroxyl groups excluding tert-OH is 2. The summed E-state index contributed by atoms with van der Waals surface area (Å²) in [6.07, 6.45) is 3.34. The van der Waals surface area contributed by atoms with Crippen molar-refractivity contribution in [3.63, 3.8) is 0 Å². The van der Waals surface area contributed by atoms with Gasteiger partial charge in [-0.2, -0.15) is 18.4 Å². The molecule has 2 aromatic heterocycles. The predicted octanol–water partition coefficient (Wildman–Crippen LogP) is 2.50. The molecule has 1 saturated heterocycles. The minimum absolute atomic E-state index is 0.00861. The number of imidazole rings is 1. The van der Waals surface area contributed by atoms with Crippen LogP contribution in [-0.2, 0) is 19.6 Å². The fraction of sp³-hybridized carbons (Fsp3) is 0.760. The highest BCUT2D eigenvalue weighted by atomic mass is 35.5. The monoisotopic (exact) mass is 583 g/mol. The van der Waals surface area contributed by atoms with Gasteiger partial charge in [0.2, 0.25) is 5.28 Å². The first-order valence-electron chi connectivity index (χ1n) is 13.3. The van der Waals surface area contributed by atoms with Crippen LogP contribution in [0.1, 0.15) is 71.4 Å². The van der Waals surface area contributed by atoms with Crippen LogP contribution in [-0.4, -0.2) is 78.1 Å². The standard InChI is InChI=1S/C25H34ClN5O7S/c1-23-5-13-6-24(2,9-23)11-25(7-13,10-23)30-19-16-20(29-22(26)28-19)31(12-27-16)21-18(34)17(33)15(38-21)4-3-14(32)8-39(35,36)37/h12-13,15,17-18,21,33-34H,3-11H2,1-2H3,(H,28,29,30)(H,35,36,37)/t13?,15-,17+,18?,21-,23-,24+,25?/m1/s1. The normalized spacial score (nSPS) is 39.5. The van der Waals surface area contributed by atoms with E-state index in [4.69, 9.17) is 20.9 Å². The highest BCUT2D eigenvalue weighted by molar-refractivity contribution is 7.86. The van der Waals surface area contributed by atoms with Gasteiger partial charge in [-0.25, -0.2) is 4.98 Å². The smallest absolute Gasteiger partial charge is 0.272 e. The van der Waals surface area contributed by atoms with Gasteiger partial charge in [-0.05, 0) is 73.3 Å². The molecular formula is C25H34ClN5O7S. The van der Waals surface area contributed by atoms with Crippen LogP contribution < -0.4 is 5.32 Å². The first kappa shape index (κ1) is 27.3. The number of ether oxygens (including phenoxy) is 1. The van der Waals surface area contributed by atoms with Gasteiger partial charge >= 0.3 is 0 Å². The molecule has 14 heteroatoms. The molecule has 0 radical (unpaired) electrons. The lowest BCUT2D eigenvalue weighted by molar-refractivity contribution is -0.118. The van der Waals surface area contributed by atoms with E-state index in [1.165, 1.54) is 30.2 Å². The molecule has 39 heavy (non-hydrogen) atoms. The number of fused-ring (bicyclic) bond motifs is 1. The zero-order valence-electron chi connectivity index (χ0n) is 21.9. The lowest BCUT2D eigenvalue weighted by Gasteiger charge is -2.65. The fourth-order valence-electron chi connectivity index (χ4n) is 8.78. The number of Topliss-reactive ketones (excluding diaryl/α,β-unsaturated/α-hetero) is 1. The number of aromatic nitrogens is 4. The van der Waals surface area contributed by atoms with Crippen LogP contribution >= 0.6 is 11.6 Å². The maximum absolute atomic E-state index is 11.9. The van der Waals surface area contributed by atoms with Gasteiger partial charge in [-0.3, -0.25) is 13.9 Å². The Hall–Kier alpha value is -1.90. The van der Waals surface area contributed by atoms with Crippen LogP contribution in [0.4, 0.5) is 5.82 Å². The highest BCUT2D eigenvalue weighted by Crippen LogP contribution is 2.67. The molecule has 12 nitrogen and oxygen atoms in total. The summed E-state index contributed by atoms with van der Waals surface area (Å²) >= 11 is 6.37. The number of hydrogen-bond acceptors (Lipinski definition) is 10. The van der Waals surface area contributed by atoms with Crippen molar-refractivity contribution in [2.45, 2.75) is 95.3 Å². The van der Waals surface area contributed by atoms with E-state index in [1.807, 2.05) is 0 Å². The molecule has 1 aliphatic heterocycles. The van der Waals surface area contributed by atoms with Gasteiger partial charge in [0.1, 0.15) is 23.7 Å². The van der Waals surface area contributed by atoms with E-state index in [-0.39, 0.29) is 34.5 Å². The minimum Gasteiger partial charge on any atom is -0.388 e. The van der Waals surface area contributed by atoms with Crippen LogP contribution in [0, 0.1) is 16.7 Å². The Morgan fingerprint density at radius 2 is 1.85 bits per heavy atom. The number of nitrogens with zero attached hydrogens (tertiary/aromatic N) is 4. The second kappa shape index (κ2) is 9.05. The summed E-state index contributed by atoms with van der Waals surface area (Å²) in [5.41, 5.74) is 1.26. The van der Waals surface area contributed by atoms with E-state index in [0.29, 0.717) is 22.9 Å². The average Bonchev–Trinajstić information content (AvgIpc) is 3.29. The van der Waals surface area contributed by atoms with Crippen molar-refractivity contribution in [1.29, 1.82) is 0 Å². The number of hydrogen-bond donors (Lipinski definition) is 4. The molecule has 0 spiro atoms. The third-order valence-corrected chi connectivity index (χ3v) is 9.92. The number of carbonyl (C=O) groups is 1. The molecule has 3 unspecified atom stereocenters. The molecule has 4 bridgehead atoms. The second-order valence-corrected chi connectivity index (χ2v) is 14.8. The molecule has 0 aromatic carbocycles. The largest absolute Gasteiger partial charge is 0.388 e. The Bertz CT molecular complexity index is 1420. The number of anilines is 1. The van der Waals surface area contributed by atoms with Crippen molar-refractivity contribution in [2.24, 2.45) is 16.7 Å². The molecule has 5 aliphatic rings. The Balaban J connectivity index is 1.25. The van der Waals surface area contributed by atoms with E-state index < -0.39 is 46.2 Å². The SMILES string of the molecule is C[C@]12CC3CC(Nc4nc(Cl)nc5c4ncn5[C@@H]4O[C@H](CCC(=O)CS(=O)(=O)O)[C@H](O)C4O)(C1)C[C@@](C)(C3)C2. The Kier molecular flexibility index (Phi) is 6.33. The van der Waals surface area contributed by atoms with E-state index >= 15 is 0 Å². The van der Waals surface area contributed by atoms with Crippen molar-refractivity contribution in [1.82, 2.24) is 19.5 Å². The van der Waals surface area contributed by atoms with Gasteiger partial charge in [-0.1, -0.05) is 13.8 Å². The summed E-state index contributed by atoms with van der Waals surface area (Å²) in [4.78, 5) is 25.3. The zero-order chi connectivity index (χ0) is 28.0. The van der Waals surface area contributed by atoms with E-state index in [9.17, 15) is 23.4 Å². The Labute approximate surface area is 231 Å². The van der Waals surface area contributed by atoms with Gasteiger partial charge in [0, 0.05) is 12.0 Å². The van der Waals surface area contributed by atoms with Crippen LogP contribution in [0.3, 0.4) is 0 Å². The third-order valence-electron chi connectivity index (χ3n) is 9.07. The van der Waals surface area contributed by atoms with Crippen LogP contribution in [0.5, 0.6) is 0 Å². The third kappa shape index (κ3) is 5.06. The van der Waals surface area contributed by atoms with E-state index in [2.05, 4.69) is 34.1 Å². The molecule has 5 fully saturated rings. The lowest BCUT2D eigenvalue weighted by Crippen LogP contribution is -2.61. The van der Waals surface area contributed by atoms with Crippen LogP contribution in [0.25, 0.3) is 11.2 Å². The number of rotatable bonds is 8. The summed E-state index contributed by atoms with van der Waals surface area (Å²) in [5.74, 6) is -0.543. The molecule has 214 valence electrons. The van der Waals surface area contributed by atoms with Crippen molar-refractivity contribution >= 4 is 44.5 Å². The molecule has 7 rings (SSSR count). The number of nitrogens with one attached hydrogen (secondary N) is 1. The van der Waals surface area contributed by atoms with Gasteiger partial charge in [0.15, 0.2) is 23.2 Å². The first-order valence-corrected chi connectivity index (χ1v) is 15.3. The zero-order valence-corrected chi connectivity index (χ0v) is 23.5. The second-order valence-electron chi connectivity index (χ2n) is 13.1. The molecule has 3 heterocycles. The van der Waals surface area contributed by atoms with Gasteiger partial charge in [0.25, 0.3) is 10.1 Å². The fourth-order valence-corrected chi connectivity index (χ4v) is 9.49. The molecular weight excluding hydrogens is 550 g/mol.